The molecule has 5 nitrogen and oxygen atoms in total. The molecular weight excluding hydrogens is 697 g/mol. The number of hydrogen-bond donors (Lipinski definition) is 1. The minimum atomic E-state index is -4.36. The fourth-order valence-electron chi connectivity index (χ4n) is 2.29. The quantitative estimate of drug-likeness (QED) is 0.151. The Morgan fingerprint density at radius 1 is 1.08 bits per heavy atom. The van der Waals surface area contributed by atoms with E-state index in [1.807, 2.05) is 0 Å². The van der Waals surface area contributed by atoms with Crippen molar-refractivity contribution in [2.45, 2.75) is 31.6 Å². The van der Waals surface area contributed by atoms with Crippen LogP contribution in [0.15, 0.2) is 29.2 Å². The Morgan fingerprint density at radius 2 is 1.62 bits per heavy atom. The maximum absolute atomic E-state index is 12.5. The lowest BCUT2D eigenvalue weighted by Crippen LogP contribution is -2.12. The van der Waals surface area contributed by atoms with E-state index in [1.165, 1.54) is 12.1 Å². The molecule has 0 aliphatic heterocycles. The molecule has 0 bridgehead atoms. The van der Waals surface area contributed by atoms with Gasteiger partial charge in [-0.25, -0.2) is 4.79 Å². The Bertz CT molecular complexity index is 961. The molecule has 2 rings (SSSR count). The zero-order valence-electron chi connectivity index (χ0n) is 14.0. The highest BCUT2D eigenvalue weighted by Crippen LogP contribution is 2.32. The summed E-state index contributed by atoms with van der Waals surface area (Å²) in [5.41, 5.74) is 1.27. The highest BCUT2D eigenvalue weighted by Gasteiger charge is 2.22. The van der Waals surface area contributed by atoms with Gasteiger partial charge < -0.3 is 4.74 Å². The zero-order valence-corrected chi connectivity index (χ0v) is 21.3. The van der Waals surface area contributed by atoms with Crippen molar-refractivity contribution in [3.63, 3.8) is 0 Å². The normalized spacial score (nSPS) is 11.7. The first-order valence-corrected chi connectivity index (χ1v) is 12.1. The number of rotatable bonds is 4. The van der Waals surface area contributed by atoms with E-state index in [1.54, 1.807) is 32.9 Å². The summed E-state index contributed by atoms with van der Waals surface area (Å²) in [6.45, 7) is 5.23. The minimum absolute atomic E-state index is 0.164. The van der Waals surface area contributed by atoms with Gasteiger partial charge in [-0.3, -0.25) is 4.55 Å². The van der Waals surface area contributed by atoms with E-state index < -0.39 is 16.1 Å². The third-order valence-corrected chi connectivity index (χ3v) is 9.47. The number of ether oxygens (including phenoxy) is 1. The van der Waals surface area contributed by atoms with Crippen LogP contribution in [0.5, 0.6) is 5.75 Å². The van der Waals surface area contributed by atoms with Crippen molar-refractivity contribution in [1.29, 1.82) is 0 Å². The van der Waals surface area contributed by atoms with E-state index in [2.05, 4.69) is 67.8 Å². The molecule has 0 spiro atoms. The summed E-state index contributed by atoms with van der Waals surface area (Å²) in [6, 6.07) is 6.33. The fourth-order valence-corrected chi connectivity index (χ4v) is 5.29. The SMILES string of the molecule is Cc1cc(S(=O)(=O)O)c(C(C)C)cc1OC(=O)c1cc(I)c(I)c(I)c1. The molecule has 0 aromatic heterocycles. The van der Waals surface area contributed by atoms with Gasteiger partial charge in [-0.2, -0.15) is 8.42 Å². The van der Waals surface area contributed by atoms with E-state index >= 15 is 0 Å². The first-order valence-electron chi connectivity index (χ1n) is 7.40. The van der Waals surface area contributed by atoms with Crippen LogP contribution >= 0.6 is 67.8 Å². The first kappa shape index (κ1) is 22.3. The molecule has 0 heterocycles. The van der Waals surface area contributed by atoms with Gasteiger partial charge in [0, 0.05) is 10.7 Å². The van der Waals surface area contributed by atoms with Gasteiger partial charge in [0.15, 0.2) is 0 Å². The lowest BCUT2D eigenvalue weighted by Gasteiger charge is -2.15. The third kappa shape index (κ3) is 5.08. The molecule has 2 aromatic carbocycles. The van der Waals surface area contributed by atoms with Crippen LogP contribution < -0.4 is 4.74 Å². The Hall–Kier alpha value is 0.0100. The van der Waals surface area contributed by atoms with Crippen LogP contribution in [0.2, 0.25) is 0 Å². The number of hydrogen-bond acceptors (Lipinski definition) is 4. The van der Waals surface area contributed by atoms with Crippen molar-refractivity contribution in [3.05, 3.63) is 51.7 Å². The van der Waals surface area contributed by atoms with Gasteiger partial charge in [0.05, 0.1) is 10.5 Å². The summed E-state index contributed by atoms with van der Waals surface area (Å²) in [5.74, 6) is -0.422. The second-order valence-corrected chi connectivity index (χ2v) is 10.7. The van der Waals surface area contributed by atoms with Crippen LogP contribution in [-0.4, -0.2) is 18.9 Å². The molecule has 0 radical (unpaired) electrons. The summed E-state index contributed by atoms with van der Waals surface area (Å²) in [4.78, 5) is 12.4. The van der Waals surface area contributed by atoms with Gasteiger partial charge in [0.2, 0.25) is 0 Å². The molecule has 0 aliphatic carbocycles. The van der Waals surface area contributed by atoms with Crippen LogP contribution in [0.4, 0.5) is 0 Å². The largest absolute Gasteiger partial charge is 0.423 e. The molecule has 2 aromatic rings. The van der Waals surface area contributed by atoms with E-state index in [0.29, 0.717) is 16.7 Å². The number of benzene rings is 2. The number of esters is 1. The van der Waals surface area contributed by atoms with Crippen LogP contribution in [0.3, 0.4) is 0 Å². The number of aryl methyl sites for hydroxylation is 1. The zero-order chi connectivity index (χ0) is 19.8. The van der Waals surface area contributed by atoms with Crippen molar-refractivity contribution in [3.8, 4) is 5.75 Å². The number of carbonyl (C=O) groups is 1. The molecule has 0 saturated carbocycles. The van der Waals surface area contributed by atoms with E-state index in [4.69, 9.17) is 4.74 Å². The van der Waals surface area contributed by atoms with Crippen molar-refractivity contribution >= 4 is 83.9 Å². The monoisotopic (exact) mass is 712 g/mol. The molecule has 0 saturated heterocycles. The van der Waals surface area contributed by atoms with Gasteiger partial charge in [-0.05, 0) is 116 Å². The molecule has 0 fully saturated rings. The average Bonchev–Trinajstić information content (AvgIpc) is 2.52. The molecule has 0 atom stereocenters. The second kappa shape index (κ2) is 8.57. The number of carbonyl (C=O) groups excluding carboxylic acids is 1. The minimum Gasteiger partial charge on any atom is -0.423 e. The standard InChI is InChI=1S/C17H15I3O5S/c1-8(2)11-7-14(9(3)4-15(11)26(22,23)24)25-17(21)10-5-12(18)16(20)13(19)6-10/h4-8H,1-3H3,(H,22,23,24). The number of halogens is 3. The molecule has 0 unspecified atom stereocenters. The van der Waals surface area contributed by atoms with Crippen LogP contribution in [-0.2, 0) is 10.1 Å². The summed E-state index contributed by atoms with van der Waals surface area (Å²) in [5, 5.41) is 0. The highest BCUT2D eigenvalue weighted by atomic mass is 127. The molecular formula is C17H15I3O5S. The molecule has 140 valence electrons. The van der Waals surface area contributed by atoms with Crippen molar-refractivity contribution in [2.75, 3.05) is 0 Å². The molecule has 1 N–H and O–H groups in total. The molecule has 0 aliphatic rings. The van der Waals surface area contributed by atoms with Gasteiger partial charge in [0.25, 0.3) is 10.1 Å². The lowest BCUT2D eigenvalue weighted by molar-refractivity contribution is 0.0733. The maximum atomic E-state index is 12.5. The summed E-state index contributed by atoms with van der Waals surface area (Å²) in [7, 11) is -4.36. The predicted octanol–water partition coefficient (Wildman–Crippen LogP) is 5.40. The van der Waals surface area contributed by atoms with Gasteiger partial charge in [-0.15, -0.1) is 0 Å². The fraction of sp³-hybridized carbons (Fsp3) is 0.235. The second-order valence-electron chi connectivity index (χ2n) is 5.93. The Labute approximate surface area is 193 Å². The van der Waals surface area contributed by atoms with Crippen molar-refractivity contribution in [2.24, 2.45) is 0 Å². The third-order valence-electron chi connectivity index (χ3n) is 3.63. The first-order chi connectivity index (χ1) is 11.9. The van der Waals surface area contributed by atoms with Crippen LogP contribution in [0, 0.1) is 17.6 Å². The van der Waals surface area contributed by atoms with Gasteiger partial charge >= 0.3 is 5.97 Å². The summed E-state index contributed by atoms with van der Waals surface area (Å²) >= 11 is 6.53. The average molecular weight is 712 g/mol. The van der Waals surface area contributed by atoms with Crippen LogP contribution in [0.1, 0.15) is 41.3 Å². The van der Waals surface area contributed by atoms with Crippen LogP contribution in [0.25, 0.3) is 0 Å². The molecule has 9 heteroatoms. The summed E-state index contributed by atoms with van der Waals surface area (Å²) in [6.07, 6.45) is 0. The van der Waals surface area contributed by atoms with Crippen molar-refractivity contribution < 1.29 is 22.5 Å². The Kier molecular flexibility index (Phi) is 7.35. The summed E-state index contributed by atoms with van der Waals surface area (Å²) < 4.78 is 41.2. The smallest absolute Gasteiger partial charge is 0.343 e. The molecule has 26 heavy (non-hydrogen) atoms. The predicted molar refractivity (Wildman–Crippen MR) is 125 cm³/mol. The lowest BCUT2D eigenvalue weighted by atomic mass is 10.0. The Balaban J connectivity index is 2.47. The van der Waals surface area contributed by atoms with Gasteiger partial charge in [0.1, 0.15) is 5.75 Å². The van der Waals surface area contributed by atoms with E-state index in [0.717, 1.165) is 10.7 Å². The van der Waals surface area contributed by atoms with E-state index in [-0.39, 0.29) is 16.6 Å². The van der Waals surface area contributed by atoms with E-state index in [9.17, 15) is 17.8 Å². The molecule has 0 amide bonds. The highest BCUT2D eigenvalue weighted by molar-refractivity contribution is 14.1. The topological polar surface area (TPSA) is 80.7 Å². The Morgan fingerprint density at radius 3 is 2.08 bits per heavy atom. The van der Waals surface area contributed by atoms with Gasteiger partial charge in [-0.1, -0.05) is 13.8 Å². The maximum Gasteiger partial charge on any atom is 0.343 e. The van der Waals surface area contributed by atoms with Crippen molar-refractivity contribution in [1.82, 2.24) is 0 Å².